The summed E-state index contributed by atoms with van der Waals surface area (Å²) in [7, 11) is 0. The largest absolute Gasteiger partial charge is 0.449 e. The number of nitrogens with zero attached hydrogens (tertiary/aromatic N) is 2. The van der Waals surface area contributed by atoms with Crippen molar-refractivity contribution in [3.05, 3.63) is 12.2 Å². The second-order valence-electron chi connectivity index (χ2n) is 7.62. The molecule has 1 atom stereocenters. The van der Waals surface area contributed by atoms with E-state index in [1.54, 1.807) is 9.80 Å². The van der Waals surface area contributed by atoms with Crippen LogP contribution in [0.2, 0.25) is 0 Å². The van der Waals surface area contributed by atoms with E-state index >= 15 is 0 Å². The van der Waals surface area contributed by atoms with Gasteiger partial charge in [0.2, 0.25) is 5.91 Å². The maximum Gasteiger partial charge on any atom is 0.409 e. The minimum absolute atomic E-state index is 0.102. The number of rotatable bonds is 9. The summed E-state index contributed by atoms with van der Waals surface area (Å²) in [5.74, 6) is -0.189. The molecule has 1 unspecified atom stereocenters. The highest BCUT2D eigenvalue weighted by atomic mass is 16.6. The van der Waals surface area contributed by atoms with E-state index in [1.165, 1.54) is 0 Å². The molecule has 0 saturated carbocycles. The number of ether oxygens (including phenoxy) is 1. The van der Waals surface area contributed by atoms with Crippen LogP contribution in [0.15, 0.2) is 12.2 Å². The summed E-state index contributed by atoms with van der Waals surface area (Å²) in [4.78, 5) is 40.1. The van der Waals surface area contributed by atoms with Crippen molar-refractivity contribution in [1.82, 2.24) is 20.4 Å². The first-order valence-electron chi connectivity index (χ1n) is 10.4. The molecule has 2 heterocycles. The van der Waals surface area contributed by atoms with Gasteiger partial charge in [-0.3, -0.25) is 4.79 Å². The summed E-state index contributed by atoms with van der Waals surface area (Å²) in [6, 6.07) is -0.858. The van der Waals surface area contributed by atoms with Crippen molar-refractivity contribution in [2.75, 3.05) is 32.8 Å². The minimum atomic E-state index is -0.538. The van der Waals surface area contributed by atoms with Gasteiger partial charge in [-0.2, -0.15) is 0 Å². The number of amides is 4. The Morgan fingerprint density at radius 3 is 2.54 bits per heavy atom. The molecule has 2 fully saturated rings. The van der Waals surface area contributed by atoms with Gasteiger partial charge in [-0.1, -0.05) is 45.3 Å². The van der Waals surface area contributed by atoms with Crippen LogP contribution in [0, 0.1) is 0 Å². The number of nitrogens with one attached hydrogen (secondary N) is 2. The van der Waals surface area contributed by atoms with Gasteiger partial charge in [0.15, 0.2) is 0 Å². The van der Waals surface area contributed by atoms with E-state index < -0.39 is 6.04 Å². The highest BCUT2D eigenvalue weighted by molar-refractivity contribution is 5.89. The van der Waals surface area contributed by atoms with E-state index in [2.05, 4.69) is 24.1 Å². The third kappa shape index (κ3) is 6.14. The van der Waals surface area contributed by atoms with E-state index in [0.29, 0.717) is 39.2 Å². The van der Waals surface area contributed by atoms with Gasteiger partial charge in [0.05, 0.1) is 12.6 Å². The van der Waals surface area contributed by atoms with Gasteiger partial charge in [-0.15, -0.1) is 0 Å². The van der Waals surface area contributed by atoms with Gasteiger partial charge in [0.1, 0.15) is 6.04 Å². The van der Waals surface area contributed by atoms with Crippen molar-refractivity contribution >= 4 is 18.0 Å². The van der Waals surface area contributed by atoms with Crippen LogP contribution in [0.1, 0.15) is 52.4 Å². The standard InChI is InChI=1S/C20H34N4O4/c1-4-6-8-9-21-19(26)24-12-15(3)11-17(24)18(25)22-16-13-23(14-16)20(27)28-10-7-5-2/h16-17H,3-14H2,1-2H3,(H,21,26)(H,22,25). The van der Waals surface area contributed by atoms with Crippen molar-refractivity contribution in [1.29, 1.82) is 0 Å². The van der Waals surface area contributed by atoms with Gasteiger partial charge in [0.25, 0.3) is 0 Å². The summed E-state index contributed by atoms with van der Waals surface area (Å²) in [5, 5.41) is 5.83. The molecule has 0 radical (unpaired) electrons. The van der Waals surface area contributed by atoms with Crippen LogP contribution in [0.25, 0.3) is 0 Å². The molecule has 8 nitrogen and oxygen atoms in total. The van der Waals surface area contributed by atoms with Gasteiger partial charge in [0, 0.05) is 26.2 Å². The van der Waals surface area contributed by atoms with Crippen LogP contribution in [-0.2, 0) is 9.53 Å². The van der Waals surface area contributed by atoms with Crippen LogP contribution in [0.5, 0.6) is 0 Å². The Morgan fingerprint density at radius 1 is 1.14 bits per heavy atom. The fourth-order valence-corrected chi connectivity index (χ4v) is 3.33. The van der Waals surface area contributed by atoms with Gasteiger partial charge >= 0.3 is 12.1 Å². The molecule has 2 N–H and O–H groups in total. The van der Waals surface area contributed by atoms with Gasteiger partial charge in [-0.25, -0.2) is 9.59 Å². The van der Waals surface area contributed by atoms with Crippen molar-refractivity contribution in [2.45, 2.75) is 64.5 Å². The molecule has 4 amide bonds. The third-order valence-corrected chi connectivity index (χ3v) is 5.08. The molecule has 0 aliphatic carbocycles. The van der Waals surface area contributed by atoms with Crippen molar-refractivity contribution in [2.24, 2.45) is 0 Å². The number of urea groups is 1. The first kappa shape index (κ1) is 22.0. The molecule has 2 aliphatic heterocycles. The summed E-state index contributed by atoms with van der Waals surface area (Å²) < 4.78 is 5.16. The summed E-state index contributed by atoms with van der Waals surface area (Å²) in [5.41, 5.74) is 0.874. The second-order valence-corrected chi connectivity index (χ2v) is 7.62. The molecule has 158 valence electrons. The first-order chi connectivity index (χ1) is 13.5. The van der Waals surface area contributed by atoms with Crippen LogP contribution in [0.4, 0.5) is 9.59 Å². The zero-order valence-corrected chi connectivity index (χ0v) is 17.2. The van der Waals surface area contributed by atoms with E-state index in [-0.39, 0.29) is 24.1 Å². The number of carbonyl (C=O) groups is 3. The number of hydrogen-bond acceptors (Lipinski definition) is 4. The lowest BCUT2D eigenvalue weighted by molar-refractivity contribution is -0.126. The van der Waals surface area contributed by atoms with Crippen molar-refractivity contribution < 1.29 is 19.1 Å². The highest BCUT2D eigenvalue weighted by Gasteiger charge is 2.39. The topological polar surface area (TPSA) is 91.0 Å². The SMILES string of the molecule is C=C1CC(C(=O)NC2CN(C(=O)OCCCC)C2)N(C(=O)NCCCCC)C1. The molecule has 0 aromatic heterocycles. The summed E-state index contributed by atoms with van der Waals surface area (Å²) in [6.07, 6.45) is 5.05. The number of unbranched alkanes of at least 4 members (excludes halogenated alkanes) is 3. The summed E-state index contributed by atoms with van der Waals surface area (Å²) >= 11 is 0. The predicted octanol–water partition coefficient (Wildman–Crippen LogP) is 2.25. The van der Waals surface area contributed by atoms with Gasteiger partial charge in [-0.05, 0) is 19.3 Å². The lowest BCUT2D eigenvalue weighted by atomic mass is 10.1. The maximum atomic E-state index is 12.7. The smallest absolute Gasteiger partial charge is 0.409 e. The zero-order chi connectivity index (χ0) is 20.5. The second kappa shape index (κ2) is 10.9. The van der Waals surface area contributed by atoms with E-state index in [9.17, 15) is 14.4 Å². The number of likely N-dealkylation sites (tertiary alicyclic amines) is 2. The van der Waals surface area contributed by atoms with E-state index in [4.69, 9.17) is 4.74 Å². The van der Waals surface area contributed by atoms with Crippen LogP contribution in [-0.4, -0.2) is 72.7 Å². The Bertz CT molecular complexity index is 575. The lowest BCUT2D eigenvalue weighted by Crippen LogP contribution is -2.63. The first-order valence-corrected chi connectivity index (χ1v) is 10.4. The van der Waals surface area contributed by atoms with Crippen LogP contribution >= 0.6 is 0 Å². The third-order valence-electron chi connectivity index (χ3n) is 5.08. The highest BCUT2D eigenvalue weighted by Crippen LogP contribution is 2.22. The predicted molar refractivity (Wildman–Crippen MR) is 107 cm³/mol. The average Bonchev–Trinajstić information content (AvgIpc) is 3.03. The number of hydrogen-bond donors (Lipinski definition) is 2. The van der Waals surface area contributed by atoms with E-state index in [0.717, 1.165) is 37.7 Å². The molecule has 28 heavy (non-hydrogen) atoms. The Hall–Kier alpha value is -2.25. The van der Waals surface area contributed by atoms with Crippen molar-refractivity contribution in [3.8, 4) is 0 Å². The molecule has 2 saturated heterocycles. The molecule has 0 bridgehead atoms. The zero-order valence-electron chi connectivity index (χ0n) is 17.2. The molecular weight excluding hydrogens is 360 g/mol. The molecule has 8 heteroatoms. The molecule has 2 aliphatic rings. The van der Waals surface area contributed by atoms with Crippen LogP contribution in [0.3, 0.4) is 0 Å². The van der Waals surface area contributed by atoms with Gasteiger partial charge < -0.3 is 25.2 Å². The fourth-order valence-electron chi connectivity index (χ4n) is 3.33. The Labute approximate surface area is 167 Å². The molecule has 0 aromatic rings. The average molecular weight is 395 g/mol. The Balaban J connectivity index is 1.75. The molecular formula is C20H34N4O4. The monoisotopic (exact) mass is 394 g/mol. The Morgan fingerprint density at radius 2 is 1.86 bits per heavy atom. The Kier molecular flexibility index (Phi) is 8.60. The molecule has 0 spiro atoms. The van der Waals surface area contributed by atoms with Crippen molar-refractivity contribution in [3.63, 3.8) is 0 Å². The number of carbonyl (C=O) groups excluding carboxylic acids is 3. The normalized spacial score (nSPS) is 19.4. The maximum absolute atomic E-state index is 12.7. The molecule has 0 aromatic carbocycles. The molecule has 2 rings (SSSR count). The van der Waals surface area contributed by atoms with E-state index in [1.807, 2.05) is 6.92 Å². The quantitative estimate of drug-likeness (QED) is 0.464. The fraction of sp³-hybridized carbons (Fsp3) is 0.750. The minimum Gasteiger partial charge on any atom is -0.449 e. The lowest BCUT2D eigenvalue weighted by Gasteiger charge is -2.39. The summed E-state index contributed by atoms with van der Waals surface area (Å²) in [6.45, 7) is 10.4. The van der Waals surface area contributed by atoms with Crippen LogP contribution < -0.4 is 10.6 Å².